The minimum absolute atomic E-state index is 0.0970. The number of fused-ring (bicyclic) bond motifs is 1. The van der Waals surface area contributed by atoms with Crippen LogP contribution in [0, 0.1) is 0 Å². The topological polar surface area (TPSA) is 101 Å². The molecule has 0 spiro atoms. The van der Waals surface area contributed by atoms with Crippen LogP contribution in [0.15, 0.2) is 77.7 Å². The highest BCUT2D eigenvalue weighted by molar-refractivity contribution is 5.97. The van der Waals surface area contributed by atoms with Crippen LogP contribution in [-0.2, 0) is 17.8 Å². The zero-order chi connectivity index (χ0) is 24.1. The van der Waals surface area contributed by atoms with Gasteiger partial charge in [-0.25, -0.2) is 14.3 Å². The first-order chi connectivity index (χ1) is 16.4. The number of benzene rings is 2. The van der Waals surface area contributed by atoms with E-state index in [1.54, 1.807) is 43.6 Å². The van der Waals surface area contributed by atoms with Crippen LogP contribution in [0.3, 0.4) is 0 Å². The number of amides is 3. The van der Waals surface area contributed by atoms with Gasteiger partial charge in [-0.2, -0.15) is 0 Å². The van der Waals surface area contributed by atoms with Gasteiger partial charge in [-0.05, 0) is 47.9 Å². The smallest absolute Gasteiger partial charge is 0.324 e. The van der Waals surface area contributed by atoms with Gasteiger partial charge in [0.05, 0.1) is 6.54 Å². The molecule has 0 atom stereocenters. The van der Waals surface area contributed by atoms with Crippen molar-refractivity contribution in [1.82, 2.24) is 19.1 Å². The monoisotopic (exact) mass is 458 g/mol. The summed E-state index contributed by atoms with van der Waals surface area (Å²) in [7, 11) is 1.56. The van der Waals surface area contributed by atoms with E-state index in [2.05, 4.69) is 15.7 Å². The number of nitrogens with zero attached hydrogens (tertiary/aromatic N) is 4. The van der Waals surface area contributed by atoms with Gasteiger partial charge in [0.25, 0.3) is 0 Å². The number of anilines is 2. The second-order valence-corrected chi connectivity index (χ2v) is 7.91. The number of carbonyl (C=O) groups is 2. The Morgan fingerprint density at radius 2 is 1.79 bits per heavy atom. The Kier molecular flexibility index (Phi) is 6.72. The third-order valence-electron chi connectivity index (χ3n) is 5.40. The number of likely N-dealkylation sites (N-methyl/N-ethyl adjacent to an activating group) is 1. The van der Waals surface area contributed by atoms with E-state index in [1.807, 2.05) is 43.3 Å². The number of para-hydroxylation sites is 1. The van der Waals surface area contributed by atoms with Crippen LogP contribution in [0.25, 0.3) is 5.65 Å². The van der Waals surface area contributed by atoms with Crippen LogP contribution < -0.4 is 16.3 Å². The van der Waals surface area contributed by atoms with Crippen molar-refractivity contribution < 1.29 is 9.59 Å². The zero-order valence-electron chi connectivity index (χ0n) is 19.1. The normalized spacial score (nSPS) is 10.8. The van der Waals surface area contributed by atoms with Gasteiger partial charge >= 0.3 is 11.7 Å². The molecule has 0 bridgehead atoms. The van der Waals surface area contributed by atoms with E-state index in [1.165, 1.54) is 14.0 Å². The predicted molar refractivity (Wildman–Crippen MR) is 131 cm³/mol. The Hall–Kier alpha value is -4.40. The van der Waals surface area contributed by atoms with Crippen LogP contribution in [0.1, 0.15) is 18.1 Å². The van der Waals surface area contributed by atoms with Crippen molar-refractivity contribution in [1.29, 1.82) is 0 Å². The SMILES string of the molecule is CCc1ccccc1NC(=O)CN(C)C(=O)Nc1cccc(Cn2nc3ccccn3c2=O)c1. The highest BCUT2D eigenvalue weighted by Gasteiger charge is 2.15. The molecule has 174 valence electrons. The average Bonchev–Trinajstić information content (AvgIpc) is 3.14. The number of aromatic nitrogens is 3. The third-order valence-corrected chi connectivity index (χ3v) is 5.40. The molecular weight excluding hydrogens is 432 g/mol. The van der Waals surface area contributed by atoms with Crippen molar-refractivity contribution in [3.8, 4) is 0 Å². The van der Waals surface area contributed by atoms with Gasteiger partial charge in [0, 0.05) is 24.6 Å². The molecule has 0 radical (unpaired) electrons. The van der Waals surface area contributed by atoms with Gasteiger partial charge in [0.1, 0.15) is 6.54 Å². The molecule has 0 saturated heterocycles. The second kappa shape index (κ2) is 10.0. The lowest BCUT2D eigenvalue weighted by atomic mass is 10.1. The summed E-state index contributed by atoms with van der Waals surface area (Å²) in [5.41, 5.74) is 3.48. The largest absolute Gasteiger partial charge is 0.350 e. The summed E-state index contributed by atoms with van der Waals surface area (Å²) in [5.74, 6) is -0.279. The summed E-state index contributed by atoms with van der Waals surface area (Å²) >= 11 is 0. The standard InChI is InChI=1S/C25H26N6O3/c1-3-19-10-4-5-12-21(19)27-23(32)17-29(2)24(33)26-20-11-8-9-18(15-20)16-31-25(34)30-14-7-6-13-22(30)28-31/h4-15H,3,16-17H2,1-2H3,(H,26,33)(H,27,32). The maximum Gasteiger partial charge on any atom is 0.350 e. The lowest BCUT2D eigenvalue weighted by molar-refractivity contribution is -0.116. The predicted octanol–water partition coefficient (Wildman–Crippen LogP) is 3.21. The molecule has 2 aromatic heterocycles. The van der Waals surface area contributed by atoms with Crippen LogP contribution >= 0.6 is 0 Å². The van der Waals surface area contributed by atoms with Crippen molar-refractivity contribution in [2.75, 3.05) is 24.2 Å². The Bertz CT molecular complexity index is 1390. The molecule has 2 N–H and O–H groups in total. The Morgan fingerprint density at radius 1 is 1.00 bits per heavy atom. The van der Waals surface area contributed by atoms with Crippen LogP contribution in [0.5, 0.6) is 0 Å². The molecule has 2 heterocycles. The molecule has 3 amide bonds. The van der Waals surface area contributed by atoms with Gasteiger partial charge in [-0.1, -0.05) is 43.3 Å². The fourth-order valence-corrected chi connectivity index (χ4v) is 3.64. The Balaban J connectivity index is 1.38. The third kappa shape index (κ3) is 5.15. The lowest BCUT2D eigenvalue weighted by Gasteiger charge is -2.18. The number of hydrogen-bond acceptors (Lipinski definition) is 4. The maximum absolute atomic E-state index is 12.6. The van der Waals surface area contributed by atoms with Gasteiger partial charge in [0.2, 0.25) is 5.91 Å². The highest BCUT2D eigenvalue weighted by Crippen LogP contribution is 2.16. The number of carbonyl (C=O) groups excluding carboxylic acids is 2. The van der Waals surface area contributed by atoms with E-state index in [0.29, 0.717) is 11.3 Å². The van der Waals surface area contributed by atoms with E-state index in [0.717, 1.165) is 23.2 Å². The molecule has 0 aliphatic rings. The van der Waals surface area contributed by atoms with Crippen LogP contribution in [-0.4, -0.2) is 44.6 Å². The molecule has 0 saturated carbocycles. The number of hydrogen-bond donors (Lipinski definition) is 2. The fraction of sp³-hybridized carbons (Fsp3) is 0.200. The number of aryl methyl sites for hydroxylation is 1. The summed E-state index contributed by atoms with van der Waals surface area (Å²) in [6.45, 7) is 2.18. The lowest BCUT2D eigenvalue weighted by Crippen LogP contribution is -2.37. The quantitative estimate of drug-likeness (QED) is 0.444. The van der Waals surface area contributed by atoms with Gasteiger partial charge in [-0.15, -0.1) is 5.10 Å². The molecule has 0 aliphatic carbocycles. The number of rotatable bonds is 7. The first-order valence-electron chi connectivity index (χ1n) is 11.0. The number of nitrogens with one attached hydrogen (secondary N) is 2. The van der Waals surface area contributed by atoms with E-state index in [-0.39, 0.29) is 24.7 Å². The summed E-state index contributed by atoms with van der Waals surface area (Å²) < 4.78 is 2.85. The summed E-state index contributed by atoms with van der Waals surface area (Å²) in [6.07, 6.45) is 2.47. The van der Waals surface area contributed by atoms with Crippen LogP contribution in [0.4, 0.5) is 16.2 Å². The zero-order valence-corrected chi connectivity index (χ0v) is 19.1. The van der Waals surface area contributed by atoms with E-state index in [4.69, 9.17) is 0 Å². The van der Waals surface area contributed by atoms with E-state index < -0.39 is 6.03 Å². The maximum atomic E-state index is 12.6. The minimum Gasteiger partial charge on any atom is -0.324 e. The Morgan fingerprint density at radius 3 is 2.59 bits per heavy atom. The van der Waals surface area contributed by atoms with E-state index in [9.17, 15) is 14.4 Å². The average molecular weight is 459 g/mol. The molecule has 4 aromatic rings. The molecule has 4 rings (SSSR count). The minimum atomic E-state index is -0.416. The first kappa shape index (κ1) is 22.8. The summed E-state index contributed by atoms with van der Waals surface area (Å²) in [6, 6.07) is 19.7. The van der Waals surface area contributed by atoms with Gasteiger partial charge < -0.3 is 15.5 Å². The van der Waals surface area contributed by atoms with Gasteiger partial charge in [0.15, 0.2) is 5.65 Å². The van der Waals surface area contributed by atoms with Crippen LogP contribution in [0.2, 0.25) is 0 Å². The second-order valence-electron chi connectivity index (χ2n) is 7.91. The number of urea groups is 1. The van der Waals surface area contributed by atoms with Gasteiger partial charge in [-0.3, -0.25) is 9.20 Å². The molecule has 2 aromatic carbocycles. The molecule has 0 fully saturated rings. The molecule has 34 heavy (non-hydrogen) atoms. The first-order valence-corrected chi connectivity index (χ1v) is 11.0. The summed E-state index contributed by atoms with van der Waals surface area (Å²) in [5, 5.41) is 9.99. The molecule has 0 unspecified atom stereocenters. The molecule has 9 nitrogen and oxygen atoms in total. The van der Waals surface area contributed by atoms with Crippen molar-refractivity contribution in [3.63, 3.8) is 0 Å². The highest BCUT2D eigenvalue weighted by atomic mass is 16.2. The molecular formula is C25H26N6O3. The van der Waals surface area contributed by atoms with Crippen molar-refractivity contribution >= 4 is 29.0 Å². The van der Waals surface area contributed by atoms with Crippen molar-refractivity contribution in [3.05, 3.63) is 94.5 Å². The fourth-order valence-electron chi connectivity index (χ4n) is 3.64. The van der Waals surface area contributed by atoms with Crippen molar-refractivity contribution in [2.45, 2.75) is 19.9 Å². The summed E-state index contributed by atoms with van der Waals surface area (Å²) in [4.78, 5) is 38.9. The molecule has 0 aliphatic heterocycles. The number of pyridine rings is 1. The van der Waals surface area contributed by atoms with E-state index >= 15 is 0 Å². The molecule has 9 heteroatoms. The Labute approximate surface area is 196 Å². The van der Waals surface area contributed by atoms with Crippen molar-refractivity contribution in [2.24, 2.45) is 0 Å².